The van der Waals surface area contributed by atoms with Crippen molar-refractivity contribution in [1.29, 1.82) is 0 Å². The number of ether oxygens (including phenoxy) is 1. The first kappa shape index (κ1) is 18.7. The number of amides is 1. The quantitative estimate of drug-likeness (QED) is 0.517. The van der Waals surface area contributed by atoms with E-state index < -0.39 is 6.09 Å². The van der Waals surface area contributed by atoms with Crippen LogP contribution in [0.3, 0.4) is 0 Å². The van der Waals surface area contributed by atoms with Crippen molar-refractivity contribution in [1.82, 2.24) is 14.8 Å². The summed E-state index contributed by atoms with van der Waals surface area (Å²) in [5, 5.41) is 8.56. The molecule has 6 nitrogen and oxygen atoms in total. The molecule has 0 fully saturated rings. The molecule has 146 valence electrons. The fourth-order valence-electron chi connectivity index (χ4n) is 2.95. The summed E-state index contributed by atoms with van der Waals surface area (Å²) in [5.41, 5.74) is 2.41. The molecule has 0 aliphatic carbocycles. The van der Waals surface area contributed by atoms with E-state index in [1.165, 1.54) is 0 Å². The van der Waals surface area contributed by atoms with Crippen molar-refractivity contribution < 1.29 is 9.53 Å². The van der Waals surface area contributed by atoms with Gasteiger partial charge in [-0.2, -0.15) is 5.10 Å². The molecule has 2 heterocycles. The number of carbonyl (C=O) groups excluding carboxylic acids is 1. The number of nitrogens with zero attached hydrogens (tertiary/aromatic N) is 3. The average molecular weight is 386 g/mol. The van der Waals surface area contributed by atoms with Crippen LogP contribution >= 0.6 is 0 Å². The third kappa shape index (κ3) is 4.11. The molecule has 29 heavy (non-hydrogen) atoms. The number of anilines is 1. The Kier molecular flexibility index (Phi) is 4.76. The van der Waals surface area contributed by atoms with Crippen molar-refractivity contribution in [2.75, 3.05) is 5.32 Å². The van der Waals surface area contributed by atoms with E-state index in [0.29, 0.717) is 11.6 Å². The van der Waals surface area contributed by atoms with Crippen LogP contribution in [0.4, 0.5) is 10.6 Å². The minimum Gasteiger partial charge on any atom is -0.410 e. The number of carbonyl (C=O) groups is 1. The molecule has 0 saturated heterocycles. The Morgan fingerprint density at radius 2 is 1.79 bits per heavy atom. The van der Waals surface area contributed by atoms with Crippen LogP contribution in [0.2, 0.25) is 0 Å². The van der Waals surface area contributed by atoms with Crippen molar-refractivity contribution in [2.45, 2.75) is 26.2 Å². The number of fused-ring (bicyclic) bond motifs is 1. The SMILES string of the molecule is CC(C)(C)c1cc(NC(=O)Oc2ccccc2)n(-c2ccc3ncccc3c2)n1. The maximum atomic E-state index is 12.5. The minimum absolute atomic E-state index is 0.177. The van der Waals surface area contributed by atoms with E-state index in [4.69, 9.17) is 9.84 Å². The molecule has 0 saturated carbocycles. The molecule has 1 N–H and O–H groups in total. The van der Waals surface area contributed by atoms with Crippen LogP contribution in [0.15, 0.2) is 72.9 Å². The first-order chi connectivity index (χ1) is 13.9. The van der Waals surface area contributed by atoms with Gasteiger partial charge in [-0.05, 0) is 36.4 Å². The number of hydrogen-bond donors (Lipinski definition) is 1. The van der Waals surface area contributed by atoms with Gasteiger partial charge in [-0.15, -0.1) is 0 Å². The van der Waals surface area contributed by atoms with Gasteiger partial charge in [0.1, 0.15) is 11.6 Å². The van der Waals surface area contributed by atoms with Gasteiger partial charge >= 0.3 is 6.09 Å². The Morgan fingerprint density at radius 3 is 2.55 bits per heavy atom. The molecule has 0 bridgehead atoms. The molecule has 0 aliphatic rings. The lowest BCUT2D eigenvalue weighted by Gasteiger charge is -2.14. The zero-order chi connectivity index (χ0) is 20.4. The van der Waals surface area contributed by atoms with Gasteiger partial charge < -0.3 is 4.74 Å². The lowest BCUT2D eigenvalue weighted by molar-refractivity contribution is 0.215. The first-order valence-electron chi connectivity index (χ1n) is 9.40. The number of rotatable bonds is 3. The zero-order valence-corrected chi connectivity index (χ0v) is 16.6. The fourth-order valence-corrected chi connectivity index (χ4v) is 2.95. The van der Waals surface area contributed by atoms with Crippen LogP contribution in [0, 0.1) is 0 Å². The maximum Gasteiger partial charge on any atom is 0.418 e. The zero-order valence-electron chi connectivity index (χ0n) is 16.6. The van der Waals surface area contributed by atoms with E-state index in [9.17, 15) is 4.79 Å². The van der Waals surface area contributed by atoms with Gasteiger partial charge in [0.15, 0.2) is 0 Å². The van der Waals surface area contributed by atoms with Crippen LogP contribution in [-0.2, 0) is 5.41 Å². The Morgan fingerprint density at radius 1 is 1.00 bits per heavy atom. The third-order valence-electron chi connectivity index (χ3n) is 4.49. The third-order valence-corrected chi connectivity index (χ3v) is 4.49. The van der Waals surface area contributed by atoms with E-state index >= 15 is 0 Å². The molecule has 4 rings (SSSR count). The Labute approximate surface area is 169 Å². The van der Waals surface area contributed by atoms with Gasteiger partial charge in [0.25, 0.3) is 0 Å². The normalized spacial score (nSPS) is 11.4. The highest BCUT2D eigenvalue weighted by Gasteiger charge is 2.22. The summed E-state index contributed by atoms with van der Waals surface area (Å²) >= 11 is 0. The Hall–Kier alpha value is -3.67. The van der Waals surface area contributed by atoms with E-state index in [1.807, 2.05) is 54.6 Å². The minimum atomic E-state index is -0.569. The Balaban J connectivity index is 1.70. The molecule has 0 unspecified atom stereocenters. The highest BCUT2D eigenvalue weighted by molar-refractivity contribution is 5.86. The summed E-state index contributed by atoms with van der Waals surface area (Å²) < 4.78 is 7.09. The van der Waals surface area contributed by atoms with Gasteiger partial charge in [0, 0.05) is 23.1 Å². The molecule has 0 aliphatic heterocycles. The smallest absolute Gasteiger partial charge is 0.410 e. The van der Waals surface area contributed by atoms with Gasteiger partial charge in [-0.3, -0.25) is 10.3 Å². The second-order valence-electron chi connectivity index (χ2n) is 7.78. The van der Waals surface area contributed by atoms with E-state index in [-0.39, 0.29) is 5.41 Å². The standard InChI is InChI=1S/C23H22N4O2/c1-23(2,3)20-15-21(25-22(28)29-18-9-5-4-6-10-18)27(26-20)17-11-12-19-16(14-17)8-7-13-24-19/h4-15H,1-3H3,(H,25,28). The highest BCUT2D eigenvalue weighted by Crippen LogP contribution is 2.27. The number of para-hydroxylation sites is 1. The molecule has 2 aromatic heterocycles. The number of aromatic nitrogens is 3. The van der Waals surface area contributed by atoms with Crippen molar-refractivity contribution in [3.05, 3.63) is 78.6 Å². The summed E-state index contributed by atoms with van der Waals surface area (Å²) in [6, 6.07) is 20.6. The molecular weight excluding hydrogens is 364 g/mol. The Bertz CT molecular complexity index is 1160. The molecule has 0 spiro atoms. The van der Waals surface area contributed by atoms with Crippen LogP contribution in [0.1, 0.15) is 26.5 Å². The van der Waals surface area contributed by atoms with Crippen LogP contribution in [-0.4, -0.2) is 20.9 Å². The molecule has 0 atom stereocenters. The van der Waals surface area contributed by atoms with Crippen LogP contribution in [0.5, 0.6) is 5.75 Å². The largest absolute Gasteiger partial charge is 0.418 e. The molecule has 1 amide bonds. The summed E-state index contributed by atoms with van der Waals surface area (Å²) in [5.74, 6) is 1.02. The number of nitrogens with one attached hydrogen (secondary N) is 1. The van der Waals surface area contributed by atoms with Crippen molar-refractivity contribution >= 4 is 22.8 Å². The average Bonchev–Trinajstić information content (AvgIpc) is 3.12. The van der Waals surface area contributed by atoms with Crippen molar-refractivity contribution in [2.24, 2.45) is 0 Å². The van der Waals surface area contributed by atoms with E-state index in [2.05, 4.69) is 31.1 Å². The predicted molar refractivity (Wildman–Crippen MR) is 114 cm³/mol. The molecule has 4 aromatic rings. The predicted octanol–water partition coefficient (Wildman–Crippen LogP) is 5.33. The lowest BCUT2D eigenvalue weighted by Crippen LogP contribution is -2.19. The monoisotopic (exact) mass is 386 g/mol. The second-order valence-corrected chi connectivity index (χ2v) is 7.78. The van der Waals surface area contributed by atoms with Gasteiger partial charge in [-0.25, -0.2) is 9.48 Å². The van der Waals surface area contributed by atoms with Gasteiger partial charge in [-0.1, -0.05) is 45.0 Å². The van der Waals surface area contributed by atoms with Crippen molar-refractivity contribution in [3.63, 3.8) is 0 Å². The highest BCUT2D eigenvalue weighted by atomic mass is 16.6. The number of pyridine rings is 1. The lowest BCUT2D eigenvalue weighted by atomic mass is 9.92. The van der Waals surface area contributed by atoms with E-state index in [1.54, 1.807) is 23.0 Å². The number of benzene rings is 2. The summed E-state index contributed by atoms with van der Waals surface area (Å²) in [6.07, 6.45) is 1.19. The topological polar surface area (TPSA) is 69.0 Å². The van der Waals surface area contributed by atoms with Crippen LogP contribution in [0.25, 0.3) is 16.6 Å². The van der Waals surface area contributed by atoms with Crippen LogP contribution < -0.4 is 10.1 Å². The first-order valence-corrected chi connectivity index (χ1v) is 9.40. The number of hydrogen-bond acceptors (Lipinski definition) is 4. The van der Waals surface area contributed by atoms with Gasteiger partial charge in [0.05, 0.1) is 16.9 Å². The van der Waals surface area contributed by atoms with Crippen molar-refractivity contribution in [3.8, 4) is 11.4 Å². The fraction of sp³-hybridized carbons (Fsp3) is 0.174. The molecular formula is C23H22N4O2. The molecule has 2 aromatic carbocycles. The maximum absolute atomic E-state index is 12.5. The summed E-state index contributed by atoms with van der Waals surface area (Å²) in [6.45, 7) is 6.24. The molecule has 6 heteroatoms. The van der Waals surface area contributed by atoms with Gasteiger partial charge in [0.2, 0.25) is 0 Å². The summed E-state index contributed by atoms with van der Waals surface area (Å²) in [4.78, 5) is 16.8. The summed E-state index contributed by atoms with van der Waals surface area (Å²) in [7, 11) is 0. The van der Waals surface area contributed by atoms with E-state index in [0.717, 1.165) is 22.3 Å². The second kappa shape index (κ2) is 7.39. The molecule has 0 radical (unpaired) electrons.